The Labute approximate surface area is 127 Å². The minimum atomic E-state index is -0.681. The molecule has 0 saturated carbocycles. The average molecular weight is 387 g/mol. The second kappa shape index (κ2) is 12.2. The number of nitrogens with two attached hydrogens (primary N) is 3. The summed E-state index contributed by atoms with van der Waals surface area (Å²) in [6.45, 7) is 3.79. The van der Waals surface area contributed by atoms with Crippen LogP contribution >= 0.6 is 23.0 Å². The van der Waals surface area contributed by atoms with E-state index in [1.165, 1.54) is 23.0 Å². The molecule has 0 atom stereocenters. The lowest BCUT2D eigenvalue weighted by Crippen LogP contribution is -2.32. The van der Waals surface area contributed by atoms with Crippen molar-refractivity contribution < 1.29 is 12.6 Å². The Kier molecular flexibility index (Phi) is 11.7. The van der Waals surface area contributed by atoms with Crippen molar-refractivity contribution in [1.29, 1.82) is 0 Å². The number of guanidine groups is 1. The highest BCUT2D eigenvalue weighted by Crippen LogP contribution is 1.97. The molecule has 0 aromatic heterocycles. The highest BCUT2D eigenvalue weighted by molar-refractivity contribution is 14.1. The van der Waals surface area contributed by atoms with Gasteiger partial charge in [-0.1, -0.05) is 0 Å². The van der Waals surface area contributed by atoms with E-state index < -0.39 is 6.16 Å². The van der Waals surface area contributed by atoms with Gasteiger partial charge in [-0.25, -0.2) is 4.79 Å². The SMILES string of the molecule is NCCCN(CCCN=C(N)N)CCOC(=O)OI. The van der Waals surface area contributed by atoms with E-state index in [2.05, 4.69) is 13.0 Å². The van der Waals surface area contributed by atoms with Gasteiger partial charge in [-0.2, -0.15) is 0 Å². The van der Waals surface area contributed by atoms with E-state index in [1.54, 1.807) is 0 Å². The number of hydrogen-bond acceptors (Lipinski definition) is 6. The number of carbonyl (C=O) groups is 1. The second-order valence-electron chi connectivity index (χ2n) is 3.82. The number of rotatable bonds is 10. The summed E-state index contributed by atoms with van der Waals surface area (Å²) in [5, 5.41) is 0. The van der Waals surface area contributed by atoms with Crippen molar-refractivity contribution in [2.24, 2.45) is 22.2 Å². The molecule has 19 heavy (non-hydrogen) atoms. The molecular formula is C10H22IN5O3. The van der Waals surface area contributed by atoms with Crippen molar-refractivity contribution in [2.45, 2.75) is 12.8 Å². The van der Waals surface area contributed by atoms with Gasteiger partial charge in [0.1, 0.15) is 6.61 Å². The van der Waals surface area contributed by atoms with E-state index in [4.69, 9.17) is 21.9 Å². The van der Waals surface area contributed by atoms with Crippen LogP contribution in [0.4, 0.5) is 4.79 Å². The van der Waals surface area contributed by atoms with Crippen molar-refractivity contribution in [3.8, 4) is 0 Å². The van der Waals surface area contributed by atoms with Gasteiger partial charge >= 0.3 is 6.16 Å². The monoisotopic (exact) mass is 387 g/mol. The van der Waals surface area contributed by atoms with Crippen LogP contribution < -0.4 is 17.2 Å². The van der Waals surface area contributed by atoms with Crippen LogP contribution in [-0.4, -0.2) is 56.3 Å². The Bertz CT molecular complexity index is 274. The normalized spacial score (nSPS) is 10.3. The molecule has 0 spiro atoms. The fraction of sp³-hybridized carbons (Fsp3) is 0.800. The molecule has 0 radical (unpaired) electrons. The summed E-state index contributed by atoms with van der Waals surface area (Å²) in [7, 11) is 0. The summed E-state index contributed by atoms with van der Waals surface area (Å²) in [6, 6.07) is 0. The molecule has 0 aromatic carbocycles. The molecule has 9 heteroatoms. The van der Waals surface area contributed by atoms with Crippen LogP contribution in [0.1, 0.15) is 12.8 Å². The second-order valence-corrected chi connectivity index (χ2v) is 4.26. The number of carbonyl (C=O) groups excluding carboxylic acids is 1. The number of aliphatic imine (C=N–C) groups is 1. The maximum Gasteiger partial charge on any atom is 0.518 e. The van der Waals surface area contributed by atoms with Gasteiger partial charge in [-0.05, 0) is 25.9 Å². The zero-order valence-corrected chi connectivity index (χ0v) is 13.0. The fourth-order valence-electron chi connectivity index (χ4n) is 1.43. The van der Waals surface area contributed by atoms with E-state index in [0.717, 1.165) is 25.9 Å². The standard InChI is InChI=1S/C10H22IN5O3/c11-19-10(17)18-8-7-16(5-1-3-12)6-2-4-15-9(13)14/h1-8,12H2,(H4,13,14,15). The van der Waals surface area contributed by atoms with Gasteiger partial charge in [0.15, 0.2) is 29.0 Å². The number of halogens is 1. The van der Waals surface area contributed by atoms with Gasteiger partial charge in [0.2, 0.25) is 0 Å². The van der Waals surface area contributed by atoms with Crippen molar-refractivity contribution in [1.82, 2.24) is 4.90 Å². The Balaban J connectivity index is 3.87. The van der Waals surface area contributed by atoms with Crippen LogP contribution in [0.25, 0.3) is 0 Å². The lowest BCUT2D eigenvalue weighted by Gasteiger charge is -2.21. The van der Waals surface area contributed by atoms with E-state index in [-0.39, 0.29) is 12.6 Å². The van der Waals surface area contributed by atoms with Crippen molar-refractivity contribution in [3.05, 3.63) is 0 Å². The third-order valence-corrected chi connectivity index (χ3v) is 2.66. The molecular weight excluding hydrogens is 365 g/mol. The van der Waals surface area contributed by atoms with Crippen LogP contribution in [0.2, 0.25) is 0 Å². The Morgan fingerprint density at radius 3 is 2.47 bits per heavy atom. The van der Waals surface area contributed by atoms with Gasteiger partial charge in [0, 0.05) is 19.6 Å². The summed E-state index contributed by atoms with van der Waals surface area (Å²) >= 11 is 1.48. The first-order chi connectivity index (χ1) is 9.10. The van der Waals surface area contributed by atoms with Crippen LogP contribution in [-0.2, 0) is 7.80 Å². The Hall–Kier alpha value is -0.810. The smallest absolute Gasteiger partial charge is 0.432 e. The van der Waals surface area contributed by atoms with Gasteiger partial charge < -0.3 is 25.0 Å². The minimum Gasteiger partial charge on any atom is -0.432 e. The molecule has 0 aliphatic heterocycles. The molecule has 112 valence electrons. The van der Waals surface area contributed by atoms with E-state index in [9.17, 15) is 4.79 Å². The summed E-state index contributed by atoms with van der Waals surface area (Å²) < 4.78 is 9.20. The maximum absolute atomic E-state index is 10.8. The summed E-state index contributed by atoms with van der Waals surface area (Å²) in [5.41, 5.74) is 16.0. The van der Waals surface area contributed by atoms with Crippen molar-refractivity contribution >= 4 is 35.1 Å². The molecule has 8 nitrogen and oxygen atoms in total. The highest BCUT2D eigenvalue weighted by Gasteiger charge is 2.07. The van der Waals surface area contributed by atoms with Crippen LogP contribution in [0.15, 0.2) is 4.99 Å². The predicted molar refractivity (Wildman–Crippen MR) is 81.9 cm³/mol. The first kappa shape index (κ1) is 18.2. The largest absolute Gasteiger partial charge is 0.518 e. The molecule has 0 aliphatic rings. The van der Waals surface area contributed by atoms with E-state index in [1.807, 2.05) is 0 Å². The molecule has 0 heterocycles. The third-order valence-electron chi connectivity index (χ3n) is 2.30. The highest BCUT2D eigenvalue weighted by atomic mass is 127. The van der Waals surface area contributed by atoms with Crippen molar-refractivity contribution in [2.75, 3.05) is 39.3 Å². The Morgan fingerprint density at radius 2 is 1.89 bits per heavy atom. The van der Waals surface area contributed by atoms with Gasteiger partial charge in [0.25, 0.3) is 0 Å². The first-order valence-electron chi connectivity index (χ1n) is 6.03. The molecule has 0 aliphatic carbocycles. The summed E-state index contributed by atoms with van der Waals surface area (Å²) in [5.74, 6) is 0.0987. The van der Waals surface area contributed by atoms with E-state index >= 15 is 0 Å². The minimum absolute atomic E-state index is 0.0987. The van der Waals surface area contributed by atoms with Crippen LogP contribution in [0.5, 0.6) is 0 Å². The maximum atomic E-state index is 10.8. The van der Waals surface area contributed by atoms with Gasteiger partial charge in [0.05, 0.1) is 0 Å². The van der Waals surface area contributed by atoms with Crippen LogP contribution in [0.3, 0.4) is 0 Å². The number of ether oxygens (including phenoxy) is 1. The number of nitrogens with zero attached hydrogens (tertiary/aromatic N) is 2. The first-order valence-corrected chi connectivity index (χ1v) is 6.91. The lowest BCUT2D eigenvalue weighted by atomic mass is 10.3. The zero-order valence-electron chi connectivity index (χ0n) is 10.9. The van der Waals surface area contributed by atoms with Gasteiger partial charge in [-0.15, -0.1) is 0 Å². The zero-order chi connectivity index (χ0) is 14.5. The molecule has 0 fully saturated rings. The Morgan fingerprint density at radius 1 is 1.21 bits per heavy atom. The molecule has 0 saturated heterocycles. The quantitative estimate of drug-likeness (QED) is 0.156. The molecule has 6 N–H and O–H groups in total. The molecule has 0 unspecified atom stereocenters. The lowest BCUT2D eigenvalue weighted by molar-refractivity contribution is 0.0985. The predicted octanol–water partition coefficient (Wildman–Crippen LogP) is -0.196. The molecule has 0 amide bonds. The van der Waals surface area contributed by atoms with E-state index in [0.29, 0.717) is 19.6 Å². The van der Waals surface area contributed by atoms with Crippen LogP contribution in [0, 0.1) is 0 Å². The topological polar surface area (TPSA) is 129 Å². The van der Waals surface area contributed by atoms with Crippen molar-refractivity contribution in [3.63, 3.8) is 0 Å². The third kappa shape index (κ3) is 12.0. The molecule has 0 rings (SSSR count). The van der Waals surface area contributed by atoms with Gasteiger partial charge in [-0.3, -0.25) is 9.89 Å². The fourth-order valence-corrected chi connectivity index (χ4v) is 1.56. The number of hydrogen-bond donors (Lipinski definition) is 3. The average Bonchev–Trinajstić information content (AvgIpc) is 2.39. The summed E-state index contributed by atoms with van der Waals surface area (Å²) in [6.07, 6.45) is 1.04. The molecule has 0 bridgehead atoms. The molecule has 0 aromatic rings. The summed E-state index contributed by atoms with van der Waals surface area (Å²) in [4.78, 5) is 16.9.